The topological polar surface area (TPSA) is 44.8 Å². The van der Waals surface area contributed by atoms with Gasteiger partial charge in [0.05, 0.1) is 12.7 Å². The van der Waals surface area contributed by atoms with Crippen LogP contribution in [0.4, 0.5) is 17.6 Å². The van der Waals surface area contributed by atoms with Gasteiger partial charge in [-0.25, -0.2) is 9.18 Å². The summed E-state index contributed by atoms with van der Waals surface area (Å²) >= 11 is 0. The predicted molar refractivity (Wildman–Crippen MR) is 80.2 cm³/mol. The monoisotopic (exact) mass is 352 g/mol. The first-order valence-corrected chi connectivity index (χ1v) is 7.21. The third-order valence-electron chi connectivity index (χ3n) is 2.33. The number of carbonyl (C=O) groups excluding carboxylic acids is 1. The number of carbonyl (C=O) groups is 1. The van der Waals surface area contributed by atoms with Crippen molar-refractivity contribution in [1.29, 1.82) is 0 Å². The summed E-state index contributed by atoms with van der Waals surface area (Å²) in [6, 6.07) is 1.61. The molecule has 0 spiro atoms. The summed E-state index contributed by atoms with van der Waals surface area (Å²) in [7, 11) is 0. The Morgan fingerprint density at radius 2 is 1.79 bits per heavy atom. The first-order valence-electron chi connectivity index (χ1n) is 7.21. The molecule has 0 N–H and O–H groups in total. The molecule has 0 atom stereocenters. The van der Waals surface area contributed by atoms with Gasteiger partial charge in [-0.3, -0.25) is 0 Å². The average Bonchev–Trinajstić information content (AvgIpc) is 2.45. The molecule has 0 aromatic heterocycles. The minimum Gasteiger partial charge on any atom is -0.463 e. The molecule has 1 aromatic carbocycles. The quantitative estimate of drug-likeness (QED) is 0.327. The Hall–Kier alpha value is -2.25. The minimum absolute atomic E-state index is 0.0370. The lowest BCUT2D eigenvalue weighted by Gasteiger charge is -2.13. The van der Waals surface area contributed by atoms with Crippen molar-refractivity contribution in [3.63, 3.8) is 0 Å². The van der Waals surface area contributed by atoms with Gasteiger partial charge in [-0.05, 0) is 32.4 Å². The third-order valence-corrected chi connectivity index (χ3v) is 2.33. The highest BCUT2D eigenvalue weighted by Crippen LogP contribution is 2.31. The van der Waals surface area contributed by atoms with E-state index in [0.29, 0.717) is 0 Å². The van der Waals surface area contributed by atoms with Crippen LogP contribution in [0.3, 0.4) is 0 Å². The maximum Gasteiger partial charge on any atom is 0.573 e. The van der Waals surface area contributed by atoms with Crippen molar-refractivity contribution >= 4 is 5.97 Å². The molecular weight excluding hydrogens is 332 g/mol. The number of aryl methyl sites for hydroxylation is 1. The highest BCUT2D eigenvalue weighted by Gasteiger charge is 2.32. The van der Waals surface area contributed by atoms with Gasteiger partial charge in [-0.2, -0.15) is 0 Å². The van der Waals surface area contributed by atoms with E-state index in [0.717, 1.165) is 18.2 Å². The highest BCUT2D eigenvalue weighted by molar-refractivity contribution is 5.82. The van der Waals surface area contributed by atoms with E-state index in [-0.39, 0.29) is 23.7 Å². The van der Waals surface area contributed by atoms with Gasteiger partial charge in [0.15, 0.2) is 11.6 Å². The van der Waals surface area contributed by atoms with E-state index < -0.39 is 23.9 Å². The molecule has 0 radical (unpaired) electrons. The van der Waals surface area contributed by atoms with Crippen LogP contribution in [0.25, 0.3) is 0 Å². The lowest BCUT2D eigenvalue weighted by atomic mass is 10.2. The lowest BCUT2D eigenvalue weighted by Crippen LogP contribution is -2.18. The number of halogens is 4. The van der Waals surface area contributed by atoms with Gasteiger partial charge in [0.2, 0.25) is 0 Å². The Bertz CT molecular complexity index is 580. The summed E-state index contributed by atoms with van der Waals surface area (Å²) in [5.74, 6) is -2.77. The second kappa shape index (κ2) is 9.79. The third kappa shape index (κ3) is 7.85. The zero-order valence-electron chi connectivity index (χ0n) is 14.1. The molecule has 0 unspecified atom stereocenters. The minimum atomic E-state index is -4.99. The smallest absolute Gasteiger partial charge is 0.463 e. The number of ether oxygens (including phenoxy) is 3. The zero-order valence-corrected chi connectivity index (χ0v) is 14.1. The van der Waals surface area contributed by atoms with Crippen molar-refractivity contribution in [2.24, 2.45) is 0 Å². The maximum atomic E-state index is 13.6. The molecule has 0 aliphatic heterocycles. The number of hydrogen-bond donors (Lipinski definition) is 0. The van der Waals surface area contributed by atoms with Crippen molar-refractivity contribution in [3.8, 4) is 11.5 Å². The summed E-state index contributed by atoms with van der Waals surface area (Å²) in [4.78, 5) is 11.2. The number of esters is 1. The van der Waals surface area contributed by atoms with E-state index in [4.69, 9.17) is 4.74 Å². The molecule has 0 saturated carbocycles. The molecule has 0 saturated heterocycles. The molecular formula is C16H20F4O4. The molecule has 4 nitrogen and oxygen atoms in total. The zero-order chi connectivity index (χ0) is 18.9. The Morgan fingerprint density at radius 3 is 2.29 bits per heavy atom. The summed E-state index contributed by atoms with van der Waals surface area (Å²) in [5.41, 5.74) is 0.206. The number of rotatable bonds is 5. The van der Waals surface area contributed by atoms with Crippen LogP contribution in [0, 0.1) is 12.7 Å². The van der Waals surface area contributed by atoms with Gasteiger partial charge in [0.25, 0.3) is 0 Å². The van der Waals surface area contributed by atoms with Gasteiger partial charge in [0.1, 0.15) is 11.5 Å². The molecule has 0 aliphatic carbocycles. The second-order valence-electron chi connectivity index (χ2n) is 4.21. The summed E-state index contributed by atoms with van der Waals surface area (Å²) in [6.07, 6.45) is -3.95. The second-order valence-corrected chi connectivity index (χ2v) is 4.21. The first-order chi connectivity index (χ1) is 11.1. The molecule has 0 heterocycles. The standard InChI is InChI=1S/C14H14F4O4.C2H6/c1-4-20-13(19)6-9(3)21-11-7-10(15)12(5-8(11)2)22-14(16,17)18;1-2/h5-7H,4H2,1-3H3;1-2H3/b9-6+;. The largest absolute Gasteiger partial charge is 0.573 e. The normalized spacial score (nSPS) is 11.3. The predicted octanol–water partition coefficient (Wildman–Crippen LogP) is 4.90. The number of hydrogen-bond acceptors (Lipinski definition) is 4. The van der Waals surface area contributed by atoms with Crippen molar-refractivity contribution in [2.75, 3.05) is 6.61 Å². The molecule has 1 rings (SSSR count). The van der Waals surface area contributed by atoms with Gasteiger partial charge in [-0.15, -0.1) is 13.2 Å². The first kappa shape index (κ1) is 21.8. The van der Waals surface area contributed by atoms with E-state index >= 15 is 0 Å². The molecule has 0 bridgehead atoms. The Morgan fingerprint density at radius 1 is 1.21 bits per heavy atom. The van der Waals surface area contributed by atoms with Crippen molar-refractivity contribution in [1.82, 2.24) is 0 Å². The molecule has 0 aliphatic rings. The van der Waals surface area contributed by atoms with E-state index in [1.165, 1.54) is 13.8 Å². The molecule has 136 valence electrons. The molecule has 24 heavy (non-hydrogen) atoms. The highest BCUT2D eigenvalue weighted by atomic mass is 19.4. The van der Waals surface area contributed by atoms with Crippen LogP contribution < -0.4 is 9.47 Å². The van der Waals surface area contributed by atoms with Crippen LogP contribution in [-0.4, -0.2) is 18.9 Å². The fourth-order valence-electron chi connectivity index (χ4n) is 1.50. The molecule has 0 amide bonds. The van der Waals surface area contributed by atoms with Crippen LogP contribution in [0.15, 0.2) is 24.0 Å². The van der Waals surface area contributed by atoms with Gasteiger partial charge in [0, 0.05) is 6.07 Å². The number of benzene rings is 1. The fourth-order valence-corrected chi connectivity index (χ4v) is 1.50. The van der Waals surface area contributed by atoms with Crippen LogP contribution in [0.2, 0.25) is 0 Å². The van der Waals surface area contributed by atoms with E-state index in [1.54, 1.807) is 6.92 Å². The van der Waals surface area contributed by atoms with Gasteiger partial charge in [-0.1, -0.05) is 13.8 Å². The Balaban J connectivity index is 0.00000254. The van der Waals surface area contributed by atoms with Gasteiger partial charge >= 0.3 is 12.3 Å². The number of allylic oxidation sites excluding steroid dienone is 1. The van der Waals surface area contributed by atoms with Crippen LogP contribution >= 0.6 is 0 Å². The molecule has 0 fully saturated rings. The maximum absolute atomic E-state index is 13.6. The summed E-state index contributed by atoms with van der Waals surface area (Å²) < 4.78 is 63.3. The SMILES string of the molecule is CC.CCOC(=O)/C=C(\C)Oc1cc(F)c(OC(F)(F)F)cc1C. The van der Waals surface area contributed by atoms with Gasteiger partial charge < -0.3 is 14.2 Å². The summed E-state index contributed by atoms with van der Waals surface area (Å²) in [6.45, 7) is 8.64. The molecule has 8 heteroatoms. The van der Waals surface area contributed by atoms with Crippen LogP contribution in [-0.2, 0) is 9.53 Å². The van der Waals surface area contributed by atoms with E-state index in [1.807, 2.05) is 13.8 Å². The number of alkyl halides is 3. The lowest BCUT2D eigenvalue weighted by molar-refractivity contribution is -0.275. The van der Waals surface area contributed by atoms with Crippen LogP contribution in [0.1, 0.15) is 33.3 Å². The fraction of sp³-hybridized carbons (Fsp3) is 0.438. The molecule has 1 aromatic rings. The van der Waals surface area contributed by atoms with E-state index in [9.17, 15) is 22.4 Å². The van der Waals surface area contributed by atoms with Crippen molar-refractivity contribution < 1.29 is 36.6 Å². The Labute approximate surface area is 138 Å². The average molecular weight is 352 g/mol. The van der Waals surface area contributed by atoms with Crippen molar-refractivity contribution in [3.05, 3.63) is 35.3 Å². The summed E-state index contributed by atoms with van der Waals surface area (Å²) in [5, 5.41) is 0. The van der Waals surface area contributed by atoms with Crippen LogP contribution in [0.5, 0.6) is 11.5 Å². The van der Waals surface area contributed by atoms with Crippen molar-refractivity contribution in [2.45, 2.75) is 41.0 Å². The Kier molecular flexibility index (Phi) is 8.87. The van der Waals surface area contributed by atoms with E-state index in [2.05, 4.69) is 9.47 Å².